The van der Waals surface area contributed by atoms with E-state index < -0.39 is 0 Å². The second-order valence-corrected chi connectivity index (χ2v) is 5.75. The molecule has 3 heterocycles. The van der Waals surface area contributed by atoms with Crippen molar-refractivity contribution in [3.8, 4) is 0 Å². The summed E-state index contributed by atoms with van der Waals surface area (Å²) < 4.78 is 0. The molecule has 3 aromatic rings. The number of nitrogens with zero attached hydrogens (tertiary/aromatic N) is 4. The molecule has 3 aromatic heterocycles. The summed E-state index contributed by atoms with van der Waals surface area (Å²) in [5, 5.41) is 0.423. The molecule has 0 aromatic carbocycles. The minimum atomic E-state index is 0.423. The molecule has 5 nitrogen and oxygen atoms in total. The van der Waals surface area contributed by atoms with Gasteiger partial charge in [0.2, 0.25) is 0 Å². The van der Waals surface area contributed by atoms with Crippen LogP contribution >= 0.6 is 11.6 Å². The van der Waals surface area contributed by atoms with Gasteiger partial charge in [-0.15, -0.1) is 0 Å². The summed E-state index contributed by atoms with van der Waals surface area (Å²) in [5.74, 6) is 0. The number of nitrogens with two attached hydrogens (primary N) is 1. The predicted octanol–water partition coefficient (Wildman–Crippen LogP) is 3.51. The molecule has 120 valence electrons. The molecular formula is C18H16ClN5. The Morgan fingerprint density at radius 3 is 2.71 bits per heavy atom. The average molecular weight is 338 g/mol. The number of hydrogen-bond donors (Lipinski definition) is 1. The number of fused-ring (bicyclic) bond motifs is 1. The zero-order valence-corrected chi connectivity index (χ0v) is 14.1. The van der Waals surface area contributed by atoms with E-state index in [9.17, 15) is 0 Å². The van der Waals surface area contributed by atoms with Crippen molar-refractivity contribution in [2.24, 2.45) is 10.7 Å². The maximum Gasteiger partial charge on any atom is 0.129 e. The van der Waals surface area contributed by atoms with Crippen molar-refractivity contribution in [3.05, 3.63) is 64.7 Å². The number of aryl methyl sites for hydroxylation is 1. The highest BCUT2D eigenvalue weighted by atomic mass is 35.5. The molecule has 2 N–H and O–H groups in total. The van der Waals surface area contributed by atoms with Crippen LogP contribution in [0.4, 0.5) is 0 Å². The van der Waals surface area contributed by atoms with Gasteiger partial charge in [0.1, 0.15) is 5.15 Å². The van der Waals surface area contributed by atoms with E-state index in [2.05, 4.69) is 19.9 Å². The Labute approximate surface area is 145 Å². The van der Waals surface area contributed by atoms with Gasteiger partial charge in [-0.1, -0.05) is 11.6 Å². The molecule has 0 aliphatic heterocycles. The predicted molar refractivity (Wildman–Crippen MR) is 98.9 cm³/mol. The third-order valence-corrected chi connectivity index (χ3v) is 3.76. The molecular weight excluding hydrogens is 322 g/mol. The minimum absolute atomic E-state index is 0.423. The zero-order valence-electron chi connectivity index (χ0n) is 13.4. The first-order chi connectivity index (χ1) is 11.6. The summed E-state index contributed by atoms with van der Waals surface area (Å²) in [6.07, 6.45) is 6.99. The summed E-state index contributed by atoms with van der Waals surface area (Å²) in [7, 11) is 1.70. The van der Waals surface area contributed by atoms with Gasteiger partial charge in [0.05, 0.1) is 11.0 Å². The Hall–Kier alpha value is -2.79. The maximum atomic E-state index is 6.37. The molecule has 0 saturated heterocycles. The van der Waals surface area contributed by atoms with E-state index in [0.29, 0.717) is 16.4 Å². The zero-order chi connectivity index (χ0) is 17.1. The van der Waals surface area contributed by atoms with E-state index in [4.69, 9.17) is 17.3 Å². The lowest BCUT2D eigenvalue weighted by Gasteiger charge is -2.10. The molecule has 0 fully saturated rings. The van der Waals surface area contributed by atoms with Crippen LogP contribution in [-0.4, -0.2) is 28.2 Å². The third kappa shape index (κ3) is 3.26. The fraction of sp³-hybridized carbons (Fsp3) is 0.111. The third-order valence-electron chi connectivity index (χ3n) is 3.55. The average Bonchev–Trinajstić information content (AvgIpc) is 2.58. The van der Waals surface area contributed by atoms with Crippen molar-refractivity contribution >= 4 is 40.1 Å². The van der Waals surface area contributed by atoms with E-state index >= 15 is 0 Å². The summed E-state index contributed by atoms with van der Waals surface area (Å²) >= 11 is 5.98. The Balaban J connectivity index is 2.19. The van der Waals surface area contributed by atoms with Gasteiger partial charge in [-0.25, -0.2) is 4.98 Å². The van der Waals surface area contributed by atoms with Crippen molar-refractivity contribution in [1.82, 2.24) is 15.0 Å². The van der Waals surface area contributed by atoms with Gasteiger partial charge < -0.3 is 5.73 Å². The molecule has 3 rings (SSSR count). The fourth-order valence-corrected chi connectivity index (χ4v) is 2.57. The van der Waals surface area contributed by atoms with Crippen LogP contribution in [0.3, 0.4) is 0 Å². The number of allylic oxidation sites excluding steroid dienone is 1. The minimum Gasteiger partial charge on any atom is -0.398 e. The fourth-order valence-electron chi connectivity index (χ4n) is 2.42. The van der Waals surface area contributed by atoms with Crippen molar-refractivity contribution in [3.63, 3.8) is 0 Å². The van der Waals surface area contributed by atoms with Crippen LogP contribution in [0.25, 0.3) is 22.3 Å². The lowest BCUT2D eigenvalue weighted by Crippen LogP contribution is -2.04. The molecule has 0 spiro atoms. The first-order valence-electron chi connectivity index (χ1n) is 7.35. The van der Waals surface area contributed by atoms with Crippen LogP contribution < -0.4 is 5.73 Å². The summed E-state index contributed by atoms with van der Waals surface area (Å²) in [4.78, 5) is 17.1. The van der Waals surface area contributed by atoms with E-state index in [1.165, 1.54) is 0 Å². The largest absolute Gasteiger partial charge is 0.398 e. The smallest absolute Gasteiger partial charge is 0.129 e. The van der Waals surface area contributed by atoms with Crippen molar-refractivity contribution < 1.29 is 0 Å². The van der Waals surface area contributed by atoms with Crippen LogP contribution in [-0.2, 0) is 0 Å². The van der Waals surface area contributed by atoms with Crippen LogP contribution in [0.2, 0.25) is 5.15 Å². The van der Waals surface area contributed by atoms with Gasteiger partial charge >= 0.3 is 0 Å². The summed E-state index contributed by atoms with van der Waals surface area (Å²) in [6.45, 7) is 1.97. The molecule has 0 unspecified atom stereocenters. The lowest BCUT2D eigenvalue weighted by atomic mass is 10.0. The molecule has 6 heteroatoms. The Morgan fingerprint density at radius 1 is 1.12 bits per heavy atom. The molecule has 0 radical (unpaired) electrons. The number of pyridine rings is 3. The molecule has 0 amide bonds. The highest BCUT2D eigenvalue weighted by Gasteiger charge is 2.10. The molecule has 0 aliphatic carbocycles. The number of hydrogen-bond acceptors (Lipinski definition) is 5. The van der Waals surface area contributed by atoms with Crippen LogP contribution in [0.5, 0.6) is 0 Å². The molecule has 0 saturated carbocycles. The van der Waals surface area contributed by atoms with Crippen molar-refractivity contribution in [2.45, 2.75) is 6.92 Å². The van der Waals surface area contributed by atoms with Gasteiger partial charge in [-0.3, -0.25) is 15.0 Å². The highest BCUT2D eigenvalue weighted by molar-refractivity contribution is 6.29. The lowest BCUT2D eigenvalue weighted by molar-refractivity contribution is 1.24. The highest BCUT2D eigenvalue weighted by Crippen LogP contribution is 2.24. The first-order valence-corrected chi connectivity index (χ1v) is 7.73. The molecule has 0 atom stereocenters. The summed E-state index contributed by atoms with van der Waals surface area (Å²) in [6, 6.07) is 7.43. The molecule has 0 aliphatic rings. The van der Waals surface area contributed by atoms with Crippen molar-refractivity contribution in [1.29, 1.82) is 0 Å². The Bertz CT molecular complexity index is 963. The van der Waals surface area contributed by atoms with Gasteiger partial charge in [-0.2, -0.15) is 0 Å². The van der Waals surface area contributed by atoms with Gasteiger partial charge in [0.15, 0.2) is 0 Å². The van der Waals surface area contributed by atoms with E-state index in [-0.39, 0.29) is 0 Å². The topological polar surface area (TPSA) is 77.0 Å². The molecule has 24 heavy (non-hydrogen) atoms. The van der Waals surface area contributed by atoms with Gasteiger partial charge in [-0.05, 0) is 36.8 Å². The first kappa shape index (κ1) is 16.1. The number of aliphatic imine (C=N–C) groups is 1. The van der Waals surface area contributed by atoms with Crippen molar-refractivity contribution in [2.75, 3.05) is 7.05 Å². The second kappa shape index (κ2) is 6.76. The Morgan fingerprint density at radius 2 is 1.96 bits per heavy atom. The van der Waals surface area contributed by atoms with Crippen LogP contribution in [0, 0.1) is 6.92 Å². The summed E-state index contributed by atoms with van der Waals surface area (Å²) in [5.41, 5.74) is 11.9. The number of rotatable bonds is 3. The van der Waals surface area contributed by atoms with Gasteiger partial charge in [0, 0.05) is 54.2 Å². The number of halogens is 1. The van der Waals surface area contributed by atoms with E-state index in [1.54, 1.807) is 37.9 Å². The quantitative estimate of drug-likeness (QED) is 0.586. The SMILES string of the molecule is CN=CC(=C(N)c1cncc(C)c1)c1cnc2ccc(Cl)nc2c1. The van der Waals surface area contributed by atoms with Crippen LogP contribution in [0.1, 0.15) is 16.7 Å². The Kier molecular flexibility index (Phi) is 4.53. The maximum absolute atomic E-state index is 6.37. The van der Waals surface area contributed by atoms with E-state index in [0.717, 1.165) is 27.8 Å². The van der Waals surface area contributed by atoms with Gasteiger partial charge in [0.25, 0.3) is 0 Å². The second-order valence-electron chi connectivity index (χ2n) is 5.36. The standard InChI is InChI=1S/C18H16ClN5/c1-11-5-13(8-22-7-11)18(20)14(10-21-2)12-6-16-15(23-9-12)3-4-17(19)24-16/h3-10H,20H2,1-2H3. The van der Waals surface area contributed by atoms with E-state index in [1.807, 2.05) is 25.1 Å². The normalized spacial score (nSPS) is 12.6. The monoisotopic (exact) mass is 337 g/mol. The molecule has 0 bridgehead atoms. The van der Waals surface area contributed by atoms with Crippen LogP contribution in [0.15, 0.2) is 47.8 Å². The number of aromatic nitrogens is 3.